The number of aromatic nitrogens is 4. The summed E-state index contributed by atoms with van der Waals surface area (Å²) in [5.74, 6) is -2.92. The SMILES string of the molecule is CCO/N=C(\C(=O)N[C@@H]1C(=O)N2C(C(=O)O)=C(C[n+]3cc4scc(C(N)=O)n4c3)CS[C@H]12)c1nsc(N)n1. The average Bonchev–Trinajstić information content (AvgIpc) is 3.58. The van der Waals surface area contributed by atoms with E-state index >= 15 is 0 Å². The average molecular weight is 579 g/mol. The van der Waals surface area contributed by atoms with Gasteiger partial charge >= 0.3 is 5.97 Å². The first-order chi connectivity index (χ1) is 18.2. The van der Waals surface area contributed by atoms with Gasteiger partial charge in [-0.2, -0.15) is 13.8 Å². The van der Waals surface area contributed by atoms with Crippen LogP contribution in [0.5, 0.6) is 0 Å². The van der Waals surface area contributed by atoms with Crippen LogP contribution in [0.1, 0.15) is 23.2 Å². The van der Waals surface area contributed by atoms with Crippen LogP contribution < -0.4 is 21.4 Å². The highest BCUT2D eigenvalue weighted by Gasteiger charge is 2.54. The van der Waals surface area contributed by atoms with E-state index in [1.807, 2.05) is 0 Å². The van der Waals surface area contributed by atoms with Crippen LogP contribution in [-0.2, 0) is 25.8 Å². The van der Waals surface area contributed by atoms with Crippen LogP contribution in [0, 0.1) is 0 Å². The maximum atomic E-state index is 13.1. The lowest BCUT2D eigenvalue weighted by molar-refractivity contribution is -0.687. The second-order valence-electron chi connectivity index (χ2n) is 8.04. The number of thiazole rings is 1. The van der Waals surface area contributed by atoms with Gasteiger partial charge in [-0.15, -0.1) is 11.8 Å². The number of nitrogens with two attached hydrogens (primary N) is 2. The van der Waals surface area contributed by atoms with Crippen molar-refractivity contribution in [3.63, 3.8) is 0 Å². The van der Waals surface area contributed by atoms with Crippen molar-refractivity contribution in [3.05, 3.63) is 40.7 Å². The van der Waals surface area contributed by atoms with E-state index < -0.39 is 35.1 Å². The van der Waals surface area contributed by atoms with Gasteiger partial charge in [0.25, 0.3) is 24.0 Å². The lowest BCUT2D eigenvalue weighted by Gasteiger charge is -2.49. The molecular weight excluding hydrogens is 558 g/mol. The van der Waals surface area contributed by atoms with E-state index in [1.54, 1.807) is 33.8 Å². The van der Waals surface area contributed by atoms with Crippen molar-refractivity contribution in [1.82, 2.24) is 24.0 Å². The molecule has 3 aromatic heterocycles. The number of amides is 3. The molecule has 3 amide bonds. The Kier molecular flexibility index (Phi) is 6.76. The predicted octanol–water partition coefficient (Wildman–Crippen LogP) is -1.000. The fourth-order valence-electron chi connectivity index (χ4n) is 4.03. The standard InChI is InChI=1S/C20H19N9O6S3/c1-2-35-25-11(15-24-20(22)38-26-15)16(31)23-12-17(32)29-13(19(33)34)8(5-37-18(12)29)3-27-4-10-28(7-27)9(6-36-10)14(21)30/h4,6-7,12,18H,2-3,5H2,1H3,(H5-,21,22,23,24,26,30,31,33,34)/p+1/b25-11-/t12-,18-/m1/s1. The molecular formula is C20H20N9O6S3+. The molecule has 1 saturated heterocycles. The lowest BCUT2D eigenvalue weighted by atomic mass is 10.0. The Bertz CT molecular complexity index is 1540. The molecule has 3 aromatic rings. The van der Waals surface area contributed by atoms with E-state index in [9.17, 15) is 24.3 Å². The Hall–Kier alpha value is -4.03. The highest BCUT2D eigenvalue weighted by molar-refractivity contribution is 8.00. The van der Waals surface area contributed by atoms with E-state index in [0.29, 0.717) is 17.0 Å². The summed E-state index contributed by atoms with van der Waals surface area (Å²) < 4.78 is 7.32. The van der Waals surface area contributed by atoms with Gasteiger partial charge in [-0.25, -0.2) is 9.36 Å². The Labute approximate surface area is 225 Å². The Balaban J connectivity index is 1.36. The number of carbonyl (C=O) groups excluding carboxylic acids is 3. The summed E-state index contributed by atoms with van der Waals surface area (Å²) >= 11 is 3.51. The third-order valence-corrected chi connectivity index (χ3v) is 8.41. The molecule has 0 unspecified atom stereocenters. The number of nitrogens with one attached hydrogen (secondary N) is 1. The molecule has 2 aliphatic rings. The molecule has 38 heavy (non-hydrogen) atoms. The third-order valence-electron chi connectivity index (χ3n) is 5.64. The Morgan fingerprint density at radius 1 is 1.39 bits per heavy atom. The number of primary amides is 1. The molecule has 0 saturated carbocycles. The number of aliphatic carboxylic acids is 1. The highest BCUT2D eigenvalue weighted by atomic mass is 32.2. The van der Waals surface area contributed by atoms with Crippen molar-refractivity contribution in [2.24, 2.45) is 10.9 Å². The van der Waals surface area contributed by atoms with Crippen LogP contribution in [0.15, 0.2) is 34.3 Å². The van der Waals surface area contributed by atoms with Crippen molar-refractivity contribution in [3.8, 4) is 0 Å². The Morgan fingerprint density at radius 2 is 2.18 bits per heavy atom. The second-order valence-corrected chi connectivity index (χ2v) is 10.8. The van der Waals surface area contributed by atoms with Gasteiger partial charge in [0.1, 0.15) is 36.5 Å². The maximum absolute atomic E-state index is 13.1. The predicted molar refractivity (Wildman–Crippen MR) is 136 cm³/mol. The van der Waals surface area contributed by atoms with Gasteiger partial charge < -0.3 is 26.7 Å². The van der Waals surface area contributed by atoms with Gasteiger partial charge in [0.15, 0.2) is 5.13 Å². The Morgan fingerprint density at radius 3 is 2.84 bits per heavy atom. The first-order valence-corrected chi connectivity index (χ1v) is 13.7. The zero-order valence-corrected chi connectivity index (χ0v) is 22.0. The highest BCUT2D eigenvalue weighted by Crippen LogP contribution is 2.40. The van der Waals surface area contributed by atoms with Gasteiger partial charge in [0.2, 0.25) is 22.1 Å². The van der Waals surface area contributed by atoms with Gasteiger partial charge in [-0.3, -0.25) is 19.3 Å². The van der Waals surface area contributed by atoms with Gasteiger partial charge in [0, 0.05) is 28.2 Å². The van der Waals surface area contributed by atoms with Crippen LogP contribution in [0.25, 0.3) is 4.83 Å². The van der Waals surface area contributed by atoms with Gasteiger partial charge in [-0.1, -0.05) is 16.5 Å². The second kappa shape index (κ2) is 10.0. The fraction of sp³-hybridized carbons (Fsp3) is 0.300. The van der Waals surface area contributed by atoms with Crippen LogP contribution in [0.4, 0.5) is 5.13 Å². The number of carboxylic acids is 1. The van der Waals surface area contributed by atoms with Crippen LogP contribution in [0.3, 0.4) is 0 Å². The molecule has 6 N–H and O–H groups in total. The van der Waals surface area contributed by atoms with Gasteiger partial charge in [0.05, 0.1) is 0 Å². The minimum atomic E-state index is -1.26. The maximum Gasteiger partial charge on any atom is 0.352 e. The summed E-state index contributed by atoms with van der Waals surface area (Å²) in [6, 6.07) is -0.989. The number of oxime groups is 1. The minimum Gasteiger partial charge on any atom is -0.477 e. The number of hydrogen-bond acceptors (Lipinski definition) is 12. The summed E-state index contributed by atoms with van der Waals surface area (Å²) in [6.45, 7) is 2.04. The summed E-state index contributed by atoms with van der Waals surface area (Å²) in [4.78, 5) is 60.7. The number of carboxylic acid groups (broad SMARTS) is 1. The lowest BCUT2D eigenvalue weighted by Crippen LogP contribution is -2.71. The number of carbonyl (C=O) groups is 4. The zero-order valence-electron chi connectivity index (χ0n) is 19.6. The van der Waals surface area contributed by atoms with E-state index in [4.69, 9.17) is 16.3 Å². The number of fused-ring (bicyclic) bond motifs is 2. The molecule has 0 spiro atoms. The van der Waals surface area contributed by atoms with Gasteiger partial charge in [-0.05, 0) is 6.92 Å². The van der Waals surface area contributed by atoms with Crippen molar-refractivity contribution >= 4 is 74.0 Å². The van der Waals surface area contributed by atoms with Crippen molar-refractivity contribution in [2.75, 3.05) is 18.1 Å². The molecule has 2 atom stereocenters. The number of thioether (sulfide) groups is 1. The smallest absolute Gasteiger partial charge is 0.352 e. The summed E-state index contributed by atoms with van der Waals surface area (Å²) in [5, 5.41) is 17.5. The van der Waals surface area contributed by atoms with Crippen molar-refractivity contribution < 1.29 is 33.7 Å². The zero-order chi connectivity index (χ0) is 27.1. The number of rotatable bonds is 9. The summed E-state index contributed by atoms with van der Waals surface area (Å²) in [7, 11) is 0. The van der Waals surface area contributed by atoms with Crippen LogP contribution in [-0.4, -0.2) is 76.9 Å². The number of hydrogen-bond donors (Lipinski definition) is 4. The number of imidazole rings is 1. The van der Waals surface area contributed by atoms with Crippen LogP contribution in [0.2, 0.25) is 0 Å². The molecule has 5 rings (SSSR count). The quantitative estimate of drug-likeness (QED) is 0.105. The largest absolute Gasteiger partial charge is 0.477 e. The number of anilines is 1. The van der Waals surface area contributed by atoms with Crippen LogP contribution >= 0.6 is 34.6 Å². The normalized spacial score (nSPS) is 19.3. The van der Waals surface area contributed by atoms with E-state index in [0.717, 1.165) is 16.4 Å². The molecule has 2 aliphatic heterocycles. The topological polar surface area (TPSA) is 211 Å². The van der Waals surface area contributed by atoms with E-state index in [-0.39, 0.29) is 35.5 Å². The molecule has 5 heterocycles. The van der Waals surface area contributed by atoms with E-state index in [1.165, 1.54) is 28.0 Å². The summed E-state index contributed by atoms with van der Waals surface area (Å²) in [5.41, 5.74) is 11.4. The van der Waals surface area contributed by atoms with Crippen molar-refractivity contribution in [2.45, 2.75) is 24.9 Å². The summed E-state index contributed by atoms with van der Waals surface area (Å²) in [6.07, 6.45) is 3.41. The molecule has 18 heteroatoms. The first-order valence-electron chi connectivity index (χ1n) is 11.0. The first kappa shape index (κ1) is 25.6. The molecule has 0 aromatic carbocycles. The molecule has 0 radical (unpaired) electrons. The van der Waals surface area contributed by atoms with Crippen molar-refractivity contribution in [1.29, 1.82) is 0 Å². The third kappa shape index (κ3) is 4.45. The molecule has 15 nitrogen and oxygen atoms in total. The number of β-lactam (4-membered cyclic amide) rings is 1. The fourth-order valence-corrected chi connectivity index (χ4v) is 6.71. The molecule has 198 valence electrons. The number of nitrogens with zero attached hydrogens (tertiary/aromatic N) is 6. The number of nitrogen functional groups attached to an aromatic ring is 1. The van der Waals surface area contributed by atoms with E-state index in [2.05, 4.69) is 19.8 Å². The molecule has 0 aliphatic carbocycles. The monoisotopic (exact) mass is 578 g/mol. The minimum absolute atomic E-state index is 0.0456. The molecule has 0 bridgehead atoms. The molecule has 1 fully saturated rings.